The number of rotatable bonds is 6. The summed E-state index contributed by atoms with van der Waals surface area (Å²) in [5.74, 6) is 1.82. The van der Waals surface area contributed by atoms with Gasteiger partial charge in [0.2, 0.25) is 11.8 Å². The molecule has 0 saturated carbocycles. The van der Waals surface area contributed by atoms with Crippen molar-refractivity contribution in [2.24, 2.45) is 7.05 Å². The van der Waals surface area contributed by atoms with Gasteiger partial charge >= 0.3 is 0 Å². The molecule has 27 heavy (non-hydrogen) atoms. The number of aryl methyl sites for hydroxylation is 1. The molecule has 1 aliphatic rings. The normalized spacial score (nSPS) is 13.9. The van der Waals surface area contributed by atoms with Gasteiger partial charge in [0.1, 0.15) is 5.75 Å². The minimum atomic E-state index is 0.527. The molecule has 0 aliphatic heterocycles. The molecule has 2 heterocycles. The highest BCUT2D eigenvalue weighted by molar-refractivity contribution is 8.00. The van der Waals surface area contributed by atoms with E-state index in [1.165, 1.54) is 30.4 Å². The molecule has 0 radical (unpaired) electrons. The van der Waals surface area contributed by atoms with Crippen LogP contribution in [0.1, 0.15) is 31.4 Å². The number of hydrogen-bond donors (Lipinski definition) is 1. The van der Waals surface area contributed by atoms with Crippen molar-refractivity contribution in [3.63, 3.8) is 0 Å². The molecule has 0 bridgehead atoms. The Morgan fingerprint density at radius 2 is 2.04 bits per heavy atom. The summed E-state index contributed by atoms with van der Waals surface area (Å²) in [4.78, 5) is 10.2. The molecule has 0 spiro atoms. The quantitative estimate of drug-likeness (QED) is 0.603. The molecule has 138 valence electrons. The van der Waals surface area contributed by atoms with Crippen molar-refractivity contribution in [3.05, 3.63) is 60.6 Å². The highest BCUT2D eigenvalue weighted by atomic mass is 32.2. The highest BCUT2D eigenvalue weighted by Gasteiger charge is 2.13. The summed E-state index contributed by atoms with van der Waals surface area (Å²) in [6.45, 7) is 0. The average Bonchev–Trinajstić information content (AvgIpc) is 3.13. The summed E-state index contributed by atoms with van der Waals surface area (Å²) in [6.07, 6.45) is 10.6. The lowest BCUT2D eigenvalue weighted by atomic mass is 9.97. The maximum absolute atomic E-state index is 5.96. The van der Waals surface area contributed by atoms with E-state index in [-0.39, 0.29) is 0 Å². The van der Waals surface area contributed by atoms with Crippen LogP contribution in [0.15, 0.2) is 59.8 Å². The number of hydrogen-bond acceptors (Lipinski definition) is 6. The minimum Gasteiger partial charge on any atom is -0.439 e. The number of allylic oxidation sites excluding steroid dienone is 2. The van der Waals surface area contributed by atoms with Gasteiger partial charge in [-0.25, -0.2) is 4.98 Å². The summed E-state index contributed by atoms with van der Waals surface area (Å²) in [6, 6.07) is 11.6. The third kappa shape index (κ3) is 4.68. The first-order valence-corrected chi connectivity index (χ1v) is 9.81. The van der Waals surface area contributed by atoms with E-state index in [9.17, 15) is 0 Å². The summed E-state index contributed by atoms with van der Waals surface area (Å²) in [5, 5.41) is 4.17. The maximum Gasteiger partial charge on any atom is 0.237 e. The fourth-order valence-corrected chi connectivity index (χ4v) is 3.53. The smallest absolute Gasteiger partial charge is 0.237 e. The molecule has 1 N–H and O–H groups in total. The Labute approximate surface area is 162 Å². The molecule has 1 aliphatic carbocycles. The zero-order valence-electron chi connectivity index (χ0n) is 15.1. The van der Waals surface area contributed by atoms with Gasteiger partial charge in [-0.15, -0.1) is 0 Å². The van der Waals surface area contributed by atoms with E-state index in [0.717, 1.165) is 29.2 Å². The fraction of sp³-hybridized carbons (Fsp3) is 0.250. The molecule has 1 aromatic carbocycles. The van der Waals surface area contributed by atoms with Crippen LogP contribution < -0.4 is 9.46 Å². The predicted molar refractivity (Wildman–Crippen MR) is 108 cm³/mol. The van der Waals surface area contributed by atoms with Crippen LogP contribution in [0.25, 0.3) is 5.57 Å². The fourth-order valence-electron chi connectivity index (χ4n) is 2.92. The van der Waals surface area contributed by atoms with Crippen molar-refractivity contribution < 1.29 is 4.74 Å². The van der Waals surface area contributed by atoms with Crippen LogP contribution in [0.2, 0.25) is 0 Å². The largest absolute Gasteiger partial charge is 0.439 e. The molecule has 0 unspecified atom stereocenters. The molecule has 7 heteroatoms. The lowest BCUT2D eigenvalue weighted by molar-refractivity contribution is 0.462. The van der Waals surface area contributed by atoms with Crippen LogP contribution in [0.3, 0.4) is 0 Å². The summed E-state index contributed by atoms with van der Waals surface area (Å²) < 4.78 is 10.9. The van der Waals surface area contributed by atoms with Crippen molar-refractivity contribution in [1.82, 2.24) is 19.7 Å². The van der Waals surface area contributed by atoms with Crippen molar-refractivity contribution >= 4 is 23.5 Å². The van der Waals surface area contributed by atoms with E-state index in [0.29, 0.717) is 11.8 Å². The summed E-state index contributed by atoms with van der Waals surface area (Å²) >= 11 is 1.43. The number of ether oxygens (including phenoxy) is 1. The first kappa shape index (κ1) is 17.6. The van der Waals surface area contributed by atoms with Crippen molar-refractivity contribution in [1.29, 1.82) is 0 Å². The molecular formula is C20H21N5OS. The van der Waals surface area contributed by atoms with E-state index in [2.05, 4.69) is 20.9 Å². The van der Waals surface area contributed by atoms with Gasteiger partial charge in [-0.2, -0.15) is 10.1 Å². The second-order valence-electron chi connectivity index (χ2n) is 6.36. The molecule has 4 rings (SSSR count). The monoisotopic (exact) mass is 379 g/mol. The maximum atomic E-state index is 5.96. The second kappa shape index (κ2) is 8.26. The topological polar surface area (TPSA) is 64.9 Å². The molecule has 2 aromatic heterocycles. The Morgan fingerprint density at radius 1 is 1.15 bits per heavy atom. The number of anilines is 1. The van der Waals surface area contributed by atoms with Gasteiger partial charge in [-0.3, -0.25) is 9.40 Å². The van der Waals surface area contributed by atoms with E-state index in [1.54, 1.807) is 10.9 Å². The van der Waals surface area contributed by atoms with Crippen LogP contribution in [0.4, 0.5) is 5.95 Å². The average molecular weight is 379 g/mol. The number of nitrogens with one attached hydrogen (secondary N) is 1. The molecule has 0 fully saturated rings. The van der Waals surface area contributed by atoms with Gasteiger partial charge in [-0.1, -0.05) is 24.3 Å². The van der Waals surface area contributed by atoms with Gasteiger partial charge in [0.05, 0.1) is 16.8 Å². The lowest BCUT2D eigenvalue weighted by Crippen LogP contribution is -2.02. The van der Waals surface area contributed by atoms with E-state index in [1.807, 2.05) is 49.6 Å². The second-order valence-corrected chi connectivity index (χ2v) is 7.24. The number of aromatic nitrogens is 4. The van der Waals surface area contributed by atoms with Crippen LogP contribution in [-0.2, 0) is 7.05 Å². The van der Waals surface area contributed by atoms with Crippen molar-refractivity contribution in [3.8, 4) is 11.6 Å². The lowest BCUT2D eigenvalue weighted by Gasteiger charge is -2.14. The molecule has 0 amide bonds. The van der Waals surface area contributed by atoms with Gasteiger partial charge in [-0.05, 0) is 55.3 Å². The van der Waals surface area contributed by atoms with Crippen molar-refractivity contribution in [2.75, 3.05) is 4.72 Å². The van der Waals surface area contributed by atoms with Gasteiger partial charge in [0.25, 0.3) is 0 Å². The van der Waals surface area contributed by atoms with Crippen LogP contribution >= 0.6 is 11.9 Å². The van der Waals surface area contributed by atoms with Crippen LogP contribution in [0.5, 0.6) is 11.6 Å². The standard InChI is InChI=1S/C20H21N5OS/c1-25-14-17(13-21-25)27-24-20-22-18(15-8-4-2-5-9-15)12-19(23-20)26-16-10-6-3-7-11-16/h3,6-8,10-14H,2,4-5,9H2,1H3,(H,22,23,24). The molecule has 6 nitrogen and oxygen atoms in total. The Kier molecular flexibility index (Phi) is 5.39. The Balaban J connectivity index is 1.60. The summed E-state index contributed by atoms with van der Waals surface area (Å²) in [5.41, 5.74) is 2.18. The Morgan fingerprint density at radius 3 is 2.78 bits per heavy atom. The van der Waals surface area contributed by atoms with Gasteiger partial charge in [0.15, 0.2) is 0 Å². The molecular weight excluding hydrogens is 358 g/mol. The zero-order chi connectivity index (χ0) is 18.5. The molecule has 3 aromatic rings. The first-order valence-electron chi connectivity index (χ1n) is 8.99. The van der Waals surface area contributed by atoms with Crippen molar-refractivity contribution in [2.45, 2.75) is 30.6 Å². The Hall–Kier alpha value is -2.80. The number of benzene rings is 1. The minimum absolute atomic E-state index is 0.527. The van der Waals surface area contributed by atoms with E-state index in [4.69, 9.17) is 9.72 Å². The van der Waals surface area contributed by atoms with Gasteiger partial charge < -0.3 is 4.74 Å². The number of nitrogens with zero attached hydrogens (tertiary/aromatic N) is 4. The molecule has 0 atom stereocenters. The van der Waals surface area contributed by atoms with E-state index < -0.39 is 0 Å². The predicted octanol–water partition coefficient (Wildman–Crippen LogP) is 5.08. The number of para-hydroxylation sites is 1. The third-order valence-electron chi connectivity index (χ3n) is 4.23. The molecule has 0 saturated heterocycles. The zero-order valence-corrected chi connectivity index (χ0v) is 15.9. The van der Waals surface area contributed by atoms with Crippen LogP contribution in [-0.4, -0.2) is 19.7 Å². The highest BCUT2D eigenvalue weighted by Crippen LogP contribution is 2.30. The van der Waals surface area contributed by atoms with Crippen LogP contribution in [0, 0.1) is 0 Å². The first-order chi connectivity index (χ1) is 13.3. The Bertz CT molecular complexity index is 939. The third-order valence-corrected chi connectivity index (χ3v) is 4.96. The SMILES string of the molecule is Cn1cc(SNc2nc(Oc3ccccc3)cc(C3=CCCCC3)n2)cn1. The van der Waals surface area contributed by atoms with Gasteiger partial charge in [0, 0.05) is 19.3 Å². The summed E-state index contributed by atoms with van der Waals surface area (Å²) in [7, 11) is 1.89. The van der Waals surface area contributed by atoms with E-state index >= 15 is 0 Å².